The van der Waals surface area contributed by atoms with Gasteiger partial charge in [0, 0.05) is 24.3 Å². The van der Waals surface area contributed by atoms with E-state index in [0.717, 1.165) is 37.3 Å². The van der Waals surface area contributed by atoms with Crippen molar-refractivity contribution >= 4 is 23.1 Å². The zero-order valence-electron chi connectivity index (χ0n) is 12.6. The number of fused-ring (bicyclic) bond motifs is 1. The number of rotatable bonds is 2. The minimum absolute atomic E-state index is 0.0418. The molecular formula is C18H16ClN3O. The van der Waals surface area contributed by atoms with Gasteiger partial charge in [-0.05, 0) is 42.7 Å². The largest absolute Gasteiger partial charge is 0.356 e. The first-order valence-corrected chi connectivity index (χ1v) is 8.14. The molecule has 0 amide bonds. The summed E-state index contributed by atoms with van der Waals surface area (Å²) in [4.78, 5) is 20.0. The normalized spacial score (nSPS) is 14.6. The molecule has 2 aromatic heterocycles. The Kier molecular flexibility index (Phi) is 3.54. The third-order valence-corrected chi connectivity index (χ3v) is 4.51. The van der Waals surface area contributed by atoms with Crippen LogP contribution in [-0.4, -0.2) is 22.5 Å². The molecule has 0 saturated carbocycles. The number of anilines is 1. The summed E-state index contributed by atoms with van der Waals surface area (Å²) >= 11 is 5.99. The smallest absolute Gasteiger partial charge is 0.267 e. The summed E-state index contributed by atoms with van der Waals surface area (Å²) in [6, 6.07) is 13.0. The van der Waals surface area contributed by atoms with Crippen LogP contribution in [0.4, 0.5) is 5.82 Å². The molecule has 1 aromatic carbocycles. The SMILES string of the molecule is O=c1c(-c2ccc(Cl)cc2)c(N2CCCC2)nc2ccccn12. The van der Waals surface area contributed by atoms with E-state index in [2.05, 4.69) is 4.90 Å². The molecule has 1 saturated heterocycles. The van der Waals surface area contributed by atoms with Gasteiger partial charge in [-0.25, -0.2) is 4.98 Å². The van der Waals surface area contributed by atoms with E-state index >= 15 is 0 Å². The van der Waals surface area contributed by atoms with Gasteiger partial charge in [-0.15, -0.1) is 0 Å². The van der Waals surface area contributed by atoms with Gasteiger partial charge >= 0.3 is 0 Å². The van der Waals surface area contributed by atoms with E-state index in [9.17, 15) is 4.79 Å². The zero-order chi connectivity index (χ0) is 15.8. The van der Waals surface area contributed by atoms with E-state index in [4.69, 9.17) is 16.6 Å². The van der Waals surface area contributed by atoms with E-state index in [0.29, 0.717) is 16.2 Å². The van der Waals surface area contributed by atoms with Gasteiger partial charge in [0.05, 0.1) is 5.56 Å². The van der Waals surface area contributed by atoms with Gasteiger partial charge in [0.2, 0.25) is 0 Å². The summed E-state index contributed by atoms with van der Waals surface area (Å²) in [6.45, 7) is 1.88. The minimum atomic E-state index is -0.0418. The average molecular weight is 326 g/mol. The average Bonchev–Trinajstić information content (AvgIpc) is 3.10. The zero-order valence-corrected chi connectivity index (χ0v) is 13.3. The summed E-state index contributed by atoms with van der Waals surface area (Å²) in [6.07, 6.45) is 4.03. The van der Waals surface area contributed by atoms with Crippen LogP contribution < -0.4 is 10.5 Å². The van der Waals surface area contributed by atoms with Gasteiger partial charge in [0.1, 0.15) is 11.5 Å². The molecule has 5 heteroatoms. The molecule has 3 aromatic rings. The second-order valence-corrected chi connectivity index (χ2v) is 6.18. The molecule has 4 rings (SSSR count). The van der Waals surface area contributed by atoms with Crippen molar-refractivity contribution in [1.82, 2.24) is 9.38 Å². The molecule has 0 bridgehead atoms. The van der Waals surface area contributed by atoms with Gasteiger partial charge in [-0.3, -0.25) is 9.20 Å². The van der Waals surface area contributed by atoms with Crippen LogP contribution in [0.3, 0.4) is 0 Å². The Bertz CT molecular complexity index is 912. The molecule has 3 heterocycles. The lowest BCUT2D eigenvalue weighted by Gasteiger charge is -2.20. The van der Waals surface area contributed by atoms with Crippen molar-refractivity contribution < 1.29 is 0 Å². The first-order chi connectivity index (χ1) is 11.2. The van der Waals surface area contributed by atoms with Crippen LogP contribution in [0, 0.1) is 0 Å². The standard InChI is InChI=1S/C18H16ClN3O/c19-14-8-6-13(7-9-14)16-17(21-10-3-4-11-21)20-15-5-1-2-12-22(15)18(16)23/h1-2,5-9,12H,3-4,10-11H2. The summed E-state index contributed by atoms with van der Waals surface area (Å²) in [5.74, 6) is 0.779. The molecule has 1 aliphatic rings. The Morgan fingerprint density at radius 2 is 1.74 bits per heavy atom. The lowest BCUT2D eigenvalue weighted by molar-refractivity contribution is 0.922. The maximum atomic E-state index is 13.1. The first-order valence-electron chi connectivity index (χ1n) is 7.76. The Morgan fingerprint density at radius 1 is 1.00 bits per heavy atom. The van der Waals surface area contributed by atoms with Crippen molar-refractivity contribution in [2.45, 2.75) is 12.8 Å². The number of pyridine rings is 1. The number of hydrogen-bond donors (Lipinski definition) is 0. The molecule has 0 radical (unpaired) electrons. The first kappa shape index (κ1) is 14.3. The molecule has 116 valence electrons. The predicted molar refractivity (Wildman–Crippen MR) is 93.4 cm³/mol. The molecule has 0 unspecified atom stereocenters. The maximum Gasteiger partial charge on any atom is 0.267 e. The number of aromatic nitrogens is 2. The van der Waals surface area contributed by atoms with Crippen LogP contribution in [0.15, 0.2) is 53.5 Å². The van der Waals surface area contributed by atoms with Crippen LogP contribution in [-0.2, 0) is 0 Å². The Hall–Kier alpha value is -2.33. The third kappa shape index (κ3) is 2.49. The molecule has 0 N–H and O–H groups in total. The summed E-state index contributed by atoms with van der Waals surface area (Å²) in [7, 11) is 0. The minimum Gasteiger partial charge on any atom is -0.356 e. The van der Waals surface area contributed by atoms with Crippen LogP contribution in [0.5, 0.6) is 0 Å². The van der Waals surface area contributed by atoms with Gasteiger partial charge in [0.15, 0.2) is 0 Å². The molecule has 1 aliphatic heterocycles. The van der Waals surface area contributed by atoms with Crippen molar-refractivity contribution in [3.05, 3.63) is 64.0 Å². The number of hydrogen-bond acceptors (Lipinski definition) is 3. The molecule has 23 heavy (non-hydrogen) atoms. The van der Waals surface area contributed by atoms with Crippen molar-refractivity contribution in [2.75, 3.05) is 18.0 Å². The summed E-state index contributed by atoms with van der Waals surface area (Å²) < 4.78 is 1.60. The highest BCUT2D eigenvalue weighted by molar-refractivity contribution is 6.30. The van der Waals surface area contributed by atoms with Crippen LogP contribution in [0.2, 0.25) is 5.02 Å². The summed E-state index contributed by atoms with van der Waals surface area (Å²) in [5, 5.41) is 0.658. The van der Waals surface area contributed by atoms with E-state index < -0.39 is 0 Å². The second kappa shape index (κ2) is 5.70. The van der Waals surface area contributed by atoms with Gasteiger partial charge < -0.3 is 4.90 Å². The highest BCUT2D eigenvalue weighted by Gasteiger charge is 2.22. The summed E-state index contributed by atoms with van der Waals surface area (Å²) in [5.41, 5.74) is 2.14. The van der Waals surface area contributed by atoms with Gasteiger partial charge in [-0.1, -0.05) is 29.8 Å². The lowest BCUT2D eigenvalue weighted by atomic mass is 10.1. The number of benzene rings is 1. The molecule has 0 spiro atoms. The Morgan fingerprint density at radius 3 is 2.48 bits per heavy atom. The van der Waals surface area contributed by atoms with Gasteiger partial charge in [0.25, 0.3) is 5.56 Å². The van der Waals surface area contributed by atoms with E-state index in [1.807, 2.05) is 42.5 Å². The lowest BCUT2D eigenvalue weighted by Crippen LogP contribution is -2.26. The second-order valence-electron chi connectivity index (χ2n) is 5.75. The topological polar surface area (TPSA) is 37.6 Å². The quantitative estimate of drug-likeness (QED) is 0.722. The van der Waals surface area contributed by atoms with Crippen molar-refractivity contribution in [3.8, 4) is 11.1 Å². The highest BCUT2D eigenvalue weighted by atomic mass is 35.5. The fourth-order valence-corrected chi connectivity index (χ4v) is 3.23. The van der Waals surface area contributed by atoms with Crippen molar-refractivity contribution in [3.63, 3.8) is 0 Å². The molecule has 1 fully saturated rings. The van der Waals surface area contributed by atoms with Gasteiger partial charge in [-0.2, -0.15) is 0 Å². The Balaban J connectivity index is 2.02. The van der Waals surface area contributed by atoms with Crippen LogP contribution >= 0.6 is 11.6 Å². The molecule has 4 nitrogen and oxygen atoms in total. The molecule has 0 atom stereocenters. The Labute approximate surface area is 139 Å². The van der Waals surface area contributed by atoms with E-state index in [1.54, 1.807) is 10.6 Å². The number of nitrogens with zero attached hydrogens (tertiary/aromatic N) is 3. The van der Waals surface area contributed by atoms with E-state index in [1.165, 1.54) is 0 Å². The monoisotopic (exact) mass is 325 g/mol. The molecule has 0 aliphatic carbocycles. The fraction of sp³-hybridized carbons (Fsp3) is 0.222. The van der Waals surface area contributed by atoms with Crippen molar-refractivity contribution in [2.24, 2.45) is 0 Å². The predicted octanol–water partition coefficient (Wildman–Crippen LogP) is 3.62. The van der Waals surface area contributed by atoms with Crippen molar-refractivity contribution in [1.29, 1.82) is 0 Å². The van der Waals surface area contributed by atoms with Crippen LogP contribution in [0.1, 0.15) is 12.8 Å². The van der Waals surface area contributed by atoms with Crippen LogP contribution in [0.25, 0.3) is 16.8 Å². The third-order valence-electron chi connectivity index (χ3n) is 4.25. The molecular weight excluding hydrogens is 310 g/mol. The fourth-order valence-electron chi connectivity index (χ4n) is 3.10. The van der Waals surface area contributed by atoms with E-state index in [-0.39, 0.29) is 5.56 Å². The maximum absolute atomic E-state index is 13.1. The number of halogens is 1. The highest BCUT2D eigenvalue weighted by Crippen LogP contribution is 2.29.